The monoisotopic (exact) mass is 251 g/mol. The number of hydrogen-bond donors (Lipinski definition) is 0. The van der Waals surface area contributed by atoms with E-state index in [9.17, 15) is 24.5 Å². The van der Waals surface area contributed by atoms with Gasteiger partial charge in [0.2, 0.25) is 0 Å². The molecule has 0 saturated heterocycles. The Labute approximate surface area is 102 Å². The molecule has 0 aromatic heterocycles. The molecule has 0 bridgehead atoms. The summed E-state index contributed by atoms with van der Waals surface area (Å²) in [4.78, 5) is 42.8. The van der Waals surface area contributed by atoms with Crippen LogP contribution in [0.15, 0.2) is 24.3 Å². The minimum atomic E-state index is -0.953. The van der Waals surface area contributed by atoms with Gasteiger partial charge in [-0.15, -0.1) is 0 Å². The lowest BCUT2D eigenvalue weighted by Gasteiger charge is -2.01. The Kier molecular flexibility index (Phi) is 4.25. The van der Waals surface area contributed by atoms with E-state index in [1.165, 1.54) is 19.1 Å². The van der Waals surface area contributed by atoms with Gasteiger partial charge in [-0.1, -0.05) is 0 Å². The maximum absolute atomic E-state index is 11.4. The van der Waals surface area contributed by atoms with E-state index in [1.54, 1.807) is 0 Å². The van der Waals surface area contributed by atoms with Gasteiger partial charge in [0.1, 0.15) is 12.2 Å². The standard InChI is InChI=1S/C11H9NO6/c1-7(13)6-10(14)18-11(15)8-2-4-9(5-3-8)12(16)17/h2-5H,6H2,1H3. The van der Waals surface area contributed by atoms with E-state index in [2.05, 4.69) is 4.74 Å². The van der Waals surface area contributed by atoms with Gasteiger partial charge >= 0.3 is 11.9 Å². The zero-order valence-electron chi connectivity index (χ0n) is 9.41. The smallest absolute Gasteiger partial charge is 0.345 e. The summed E-state index contributed by atoms with van der Waals surface area (Å²) in [7, 11) is 0. The average Bonchev–Trinajstić information content (AvgIpc) is 2.27. The third-order valence-corrected chi connectivity index (χ3v) is 1.91. The lowest BCUT2D eigenvalue weighted by molar-refractivity contribution is -0.384. The van der Waals surface area contributed by atoms with E-state index in [0.717, 1.165) is 12.1 Å². The van der Waals surface area contributed by atoms with Gasteiger partial charge in [0.25, 0.3) is 5.69 Å². The molecule has 0 unspecified atom stereocenters. The highest BCUT2D eigenvalue weighted by Gasteiger charge is 2.15. The Hall–Kier alpha value is -2.57. The molecule has 1 aromatic carbocycles. The van der Waals surface area contributed by atoms with E-state index in [1.807, 2.05) is 0 Å². The molecule has 1 aromatic rings. The molecule has 94 valence electrons. The molecule has 0 N–H and O–H groups in total. The maximum Gasteiger partial charge on any atom is 0.345 e. The van der Waals surface area contributed by atoms with E-state index in [4.69, 9.17) is 0 Å². The summed E-state index contributed by atoms with van der Waals surface area (Å²) in [5.74, 6) is -2.32. The molecule has 7 heteroatoms. The first-order chi connectivity index (χ1) is 8.40. The molecular formula is C11H9NO6. The first-order valence-corrected chi connectivity index (χ1v) is 4.89. The average molecular weight is 251 g/mol. The second-order valence-electron chi connectivity index (χ2n) is 3.44. The number of nitro benzene ring substituents is 1. The van der Waals surface area contributed by atoms with Crippen molar-refractivity contribution in [3.05, 3.63) is 39.9 Å². The minimum Gasteiger partial charge on any atom is -0.389 e. The van der Waals surface area contributed by atoms with Gasteiger partial charge < -0.3 is 4.74 Å². The fourth-order valence-corrected chi connectivity index (χ4v) is 1.12. The quantitative estimate of drug-likeness (QED) is 0.345. The first-order valence-electron chi connectivity index (χ1n) is 4.89. The number of benzene rings is 1. The minimum absolute atomic E-state index is 0.00231. The van der Waals surface area contributed by atoms with Crippen LogP contribution in [0.2, 0.25) is 0 Å². The molecule has 0 spiro atoms. The van der Waals surface area contributed by atoms with Gasteiger partial charge in [-0.3, -0.25) is 19.7 Å². The lowest BCUT2D eigenvalue weighted by atomic mass is 10.2. The van der Waals surface area contributed by atoms with Crippen LogP contribution >= 0.6 is 0 Å². The molecule has 1 rings (SSSR count). The fourth-order valence-electron chi connectivity index (χ4n) is 1.12. The first kappa shape index (κ1) is 13.5. The largest absolute Gasteiger partial charge is 0.389 e. The van der Waals surface area contributed by atoms with Crippen molar-refractivity contribution in [3.8, 4) is 0 Å². The summed E-state index contributed by atoms with van der Waals surface area (Å²) in [5, 5.41) is 10.4. The summed E-state index contributed by atoms with van der Waals surface area (Å²) in [6.45, 7) is 1.19. The molecule has 0 aliphatic rings. The summed E-state index contributed by atoms with van der Waals surface area (Å²) >= 11 is 0. The van der Waals surface area contributed by atoms with Crippen LogP contribution in [-0.4, -0.2) is 22.6 Å². The number of rotatable bonds is 4. The molecule has 0 heterocycles. The number of carbonyl (C=O) groups is 3. The van der Waals surface area contributed by atoms with Gasteiger partial charge in [0.15, 0.2) is 0 Å². The van der Waals surface area contributed by atoms with Crippen LogP contribution < -0.4 is 0 Å². The number of hydrogen-bond acceptors (Lipinski definition) is 6. The Morgan fingerprint density at radius 2 is 1.78 bits per heavy atom. The molecule has 0 aliphatic carbocycles. The van der Waals surface area contributed by atoms with E-state index in [-0.39, 0.29) is 11.3 Å². The predicted molar refractivity (Wildman–Crippen MR) is 58.8 cm³/mol. The summed E-state index contributed by atoms with van der Waals surface area (Å²) in [5.41, 5.74) is -0.181. The second-order valence-corrected chi connectivity index (χ2v) is 3.44. The van der Waals surface area contributed by atoms with Crippen molar-refractivity contribution in [1.82, 2.24) is 0 Å². The van der Waals surface area contributed by atoms with Crippen molar-refractivity contribution in [1.29, 1.82) is 0 Å². The van der Waals surface area contributed by atoms with Crippen LogP contribution in [0.5, 0.6) is 0 Å². The number of carbonyl (C=O) groups excluding carboxylic acids is 3. The molecular weight excluding hydrogens is 242 g/mol. The highest BCUT2D eigenvalue weighted by molar-refractivity contribution is 6.02. The maximum atomic E-state index is 11.4. The molecule has 0 atom stereocenters. The molecule has 18 heavy (non-hydrogen) atoms. The topological polar surface area (TPSA) is 104 Å². The van der Waals surface area contributed by atoms with Gasteiger partial charge in [-0.25, -0.2) is 4.79 Å². The fraction of sp³-hybridized carbons (Fsp3) is 0.182. The Morgan fingerprint density at radius 1 is 1.22 bits per heavy atom. The molecule has 0 fully saturated rings. The SMILES string of the molecule is CC(=O)CC(=O)OC(=O)c1ccc([N+](=O)[O-])cc1. The molecule has 0 radical (unpaired) electrons. The van der Waals surface area contributed by atoms with Crippen LogP contribution in [0.25, 0.3) is 0 Å². The Morgan fingerprint density at radius 3 is 2.22 bits per heavy atom. The van der Waals surface area contributed by atoms with Gasteiger partial charge in [-0.05, 0) is 19.1 Å². The van der Waals surface area contributed by atoms with E-state index < -0.39 is 29.1 Å². The van der Waals surface area contributed by atoms with Crippen LogP contribution in [-0.2, 0) is 14.3 Å². The third-order valence-electron chi connectivity index (χ3n) is 1.91. The lowest BCUT2D eigenvalue weighted by Crippen LogP contribution is -2.14. The summed E-state index contributed by atoms with van der Waals surface area (Å²) in [6.07, 6.45) is -0.487. The highest BCUT2D eigenvalue weighted by Crippen LogP contribution is 2.12. The van der Waals surface area contributed by atoms with Crippen molar-refractivity contribution in [3.63, 3.8) is 0 Å². The van der Waals surface area contributed by atoms with Crippen LogP contribution in [0.3, 0.4) is 0 Å². The summed E-state index contributed by atoms with van der Waals surface area (Å²) in [6, 6.07) is 4.57. The van der Waals surface area contributed by atoms with E-state index in [0.29, 0.717) is 0 Å². The number of ether oxygens (including phenoxy) is 1. The van der Waals surface area contributed by atoms with Crippen molar-refractivity contribution < 1.29 is 24.0 Å². The van der Waals surface area contributed by atoms with Gasteiger partial charge in [0, 0.05) is 12.1 Å². The van der Waals surface area contributed by atoms with Crippen molar-refractivity contribution in [2.24, 2.45) is 0 Å². The van der Waals surface area contributed by atoms with Crippen LogP contribution in [0.4, 0.5) is 5.69 Å². The zero-order chi connectivity index (χ0) is 13.7. The van der Waals surface area contributed by atoms with E-state index >= 15 is 0 Å². The van der Waals surface area contributed by atoms with Crippen LogP contribution in [0.1, 0.15) is 23.7 Å². The number of Topliss-reactive ketones (excluding diaryl/α,β-unsaturated/α-hetero) is 1. The zero-order valence-corrected chi connectivity index (χ0v) is 9.41. The van der Waals surface area contributed by atoms with Crippen molar-refractivity contribution in [2.45, 2.75) is 13.3 Å². The van der Waals surface area contributed by atoms with Crippen molar-refractivity contribution >= 4 is 23.4 Å². The van der Waals surface area contributed by atoms with Crippen molar-refractivity contribution in [2.75, 3.05) is 0 Å². The number of non-ortho nitro benzene ring substituents is 1. The highest BCUT2D eigenvalue weighted by atomic mass is 16.6. The number of nitro groups is 1. The Balaban J connectivity index is 2.70. The van der Waals surface area contributed by atoms with Crippen LogP contribution in [0, 0.1) is 10.1 Å². The summed E-state index contributed by atoms with van der Waals surface area (Å²) < 4.78 is 4.38. The Bertz CT molecular complexity index is 505. The number of ketones is 1. The second kappa shape index (κ2) is 5.67. The normalized spacial score (nSPS) is 9.61. The predicted octanol–water partition coefficient (Wildman–Crippen LogP) is 1.26. The number of nitrogens with zero attached hydrogens (tertiary/aromatic N) is 1. The molecule has 0 amide bonds. The van der Waals surface area contributed by atoms with Gasteiger partial charge in [0.05, 0.1) is 10.5 Å². The number of esters is 2. The third kappa shape index (κ3) is 3.78. The molecule has 0 saturated carbocycles. The molecule has 0 aliphatic heterocycles. The molecule has 7 nitrogen and oxygen atoms in total. The van der Waals surface area contributed by atoms with Gasteiger partial charge in [-0.2, -0.15) is 0 Å².